The van der Waals surface area contributed by atoms with Crippen molar-refractivity contribution in [3.05, 3.63) is 58.1 Å². The number of carbonyl (C=O) groups is 2. The number of halogens is 4. The van der Waals surface area contributed by atoms with Crippen molar-refractivity contribution in [2.24, 2.45) is 7.05 Å². The predicted molar refractivity (Wildman–Crippen MR) is 118 cm³/mol. The Balaban J connectivity index is 1.39. The van der Waals surface area contributed by atoms with Crippen LogP contribution in [0.1, 0.15) is 47.1 Å². The number of anilines is 2. The highest BCUT2D eigenvalue weighted by molar-refractivity contribution is 9.10. The third-order valence-corrected chi connectivity index (χ3v) is 5.85. The SMILES string of the molecule is Cn1ccc(C(=O)Nc2cccc(NC(=O)CCn3nc(C(F)(F)F)c(Br)c3C3CC3)c2)n1. The van der Waals surface area contributed by atoms with Crippen LogP contribution in [0, 0.1) is 0 Å². The second-order valence-corrected chi connectivity index (χ2v) is 8.54. The highest BCUT2D eigenvalue weighted by atomic mass is 79.9. The van der Waals surface area contributed by atoms with Crippen molar-refractivity contribution in [2.45, 2.75) is 37.9 Å². The minimum atomic E-state index is -4.57. The minimum Gasteiger partial charge on any atom is -0.326 e. The minimum absolute atomic E-state index is 0.0163. The van der Waals surface area contributed by atoms with Gasteiger partial charge in [-0.05, 0) is 53.0 Å². The first-order valence-corrected chi connectivity index (χ1v) is 11.0. The highest BCUT2D eigenvalue weighted by Crippen LogP contribution is 2.47. The van der Waals surface area contributed by atoms with Crippen LogP contribution in [-0.4, -0.2) is 31.4 Å². The zero-order valence-corrected chi connectivity index (χ0v) is 19.1. The molecule has 2 heterocycles. The molecule has 3 aromatic rings. The number of nitrogens with one attached hydrogen (secondary N) is 2. The van der Waals surface area contributed by atoms with Crippen molar-refractivity contribution in [1.82, 2.24) is 19.6 Å². The zero-order chi connectivity index (χ0) is 23.8. The first-order chi connectivity index (χ1) is 15.6. The number of alkyl halides is 3. The predicted octanol–water partition coefficient (Wildman–Crippen LogP) is 4.56. The van der Waals surface area contributed by atoms with E-state index in [-0.39, 0.29) is 35.0 Å². The van der Waals surface area contributed by atoms with Gasteiger partial charge in [0, 0.05) is 37.0 Å². The Labute approximate surface area is 195 Å². The number of carbonyl (C=O) groups excluding carboxylic acids is 2. The second kappa shape index (κ2) is 9.00. The number of amides is 2. The molecule has 1 aliphatic rings. The van der Waals surface area contributed by atoms with Crippen molar-refractivity contribution in [2.75, 3.05) is 10.6 Å². The summed E-state index contributed by atoms with van der Waals surface area (Å²) in [5.74, 6) is -0.757. The fourth-order valence-corrected chi connectivity index (χ4v) is 4.22. The molecule has 0 radical (unpaired) electrons. The third-order valence-electron chi connectivity index (χ3n) is 5.07. The summed E-state index contributed by atoms with van der Waals surface area (Å²) in [6.07, 6.45) is -1.39. The van der Waals surface area contributed by atoms with Gasteiger partial charge in [-0.1, -0.05) is 6.07 Å². The summed E-state index contributed by atoms with van der Waals surface area (Å²) >= 11 is 3.04. The lowest BCUT2D eigenvalue weighted by Gasteiger charge is -2.10. The number of nitrogens with zero attached hydrogens (tertiary/aromatic N) is 4. The van der Waals surface area contributed by atoms with Gasteiger partial charge in [-0.2, -0.15) is 23.4 Å². The van der Waals surface area contributed by atoms with Crippen LogP contribution in [0.15, 0.2) is 41.0 Å². The summed E-state index contributed by atoms with van der Waals surface area (Å²) < 4.78 is 42.4. The van der Waals surface area contributed by atoms with Crippen LogP contribution in [0.2, 0.25) is 0 Å². The van der Waals surface area contributed by atoms with Gasteiger partial charge in [0.1, 0.15) is 0 Å². The average molecular weight is 525 g/mol. The van der Waals surface area contributed by atoms with Crippen LogP contribution in [0.4, 0.5) is 24.5 Å². The van der Waals surface area contributed by atoms with Crippen molar-refractivity contribution in [3.8, 4) is 0 Å². The molecule has 1 aromatic carbocycles. The molecule has 12 heteroatoms. The topological polar surface area (TPSA) is 93.8 Å². The molecular weight excluding hydrogens is 505 g/mol. The van der Waals surface area contributed by atoms with Gasteiger partial charge in [0.05, 0.1) is 16.7 Å². The summed E-state index contributed by atoms with van der Waals surface area (Å²) in [6.45, 7) is 0.0163. The molecule has 2 N–H and O–H groups in total. The summed E-state index contributed by atoms with van der Waals surface area (Å²) in [6, 6.07) is 8.14. The van der Waals surface area contributed by atoms with Crippen LogP contribution < -0.4 is 10.6 Å². The van der Waals surface area contributed by atoms with Crippen LogP contribution in [0.3, 0.4) is 0 Å². The molecule has 8 nitrogen and oxygen atoms in total. The lowest BCUT2D eigenvalue weighted by Crippen LogP contribution is -2.17. The monoisotopic (exact) mass is 524 g/mol. The van der Waals surface area contributed by atoms with Gasteiger partial charge < -0.3 is 10.6 Å². The molecule has 0 bridgehead atoms. The standard InChI is InChI=1S/C21H20BrF3N6O2/c1-30-9-7-15(28-30)20(33)27-14-4-2-3-13(11-14)26-16(32)8-10-31-18(12-5-6-12)17(22)19(29-31)21(23,24)25/h2-4,7,9,11-12H,5-6,8,10H2,1H3,(H,26,32)(H,27,33). The molecule has 1 saturated carbocycles. The third kappa shape index (κ3) is 5.44. The van der Waals surface area contributed by atoms with Crippen LogP contribution >= 0.6 is 15.9 Å². The van der Waals surface area contributed by atoms with Crippen LogP contribution in [0.25, 0.3) is 0 Å². The number of rotatable bonds is 7. The molecule has 1 fully saturated rings. The Morgan fingerprint density at radius 3 is 2.45 bits per heavy atom. The Hall–Kier alpha value is -3.15. The Kier molecular flexibility index (Phi) is 6.28. The van der Waals surface area contributed by atoms with Crippen LogP contribution in [0.5, 0.6) is 0 Å². The van der Waals surface area contributed by atoms with Gasteiger partial charge in [0.25, 0.3) is 5.91 Å². The molecule has 4 rings (SSSR count). The lowest BCUT2D eigenvalue weighted by atomic mass is 10.2. The van der Waals surface area contributed by atoms with E-state index in [1.807, 2.05) is 0 Å². The average Bonchev–Trinajstić information content (AvgIpc) is 3.37. The number of aromatic nitrogens is 4. The number of hydrogen-bond acceptors (Lipinski definition) is 4. The van der Waals surface area contributed by atoms with E-state index in [2.05, 4.69) is 36.8 Å². The second-order valence-electron chi connectivity index (χ2n) is 7.75. The summed E-state index contributed by atoms with van der Waals surface area (Å²) in [7, 11) is 1.70. The molecule has 0 aliphatic heterocycles. The molecule has 0 saturated heterocycles. The number of benzene rings is 1. The lowest BCUT2D eigenvalue weighted by molar-refractivity contribution is -0.142. The molecule has 1 aliphatic carbocycles. The van der Waals surface area contributed by atoms with E-state index in [4.69, 9.17) is 0 Å². The van der Waals surface area contributed by atoms with Gasteiger partial charge in [0.15, 0.2) is 11.4 Å². The van der Waals surface area contributed by atoms with Crippen molar-refractivity contribution < 1.29 is 22.8 Å². The van der Waals surface area contributed by atoms with Crippen molar-refractivity contribution in [3.63, 3.8) is 0 Å². The smallest absolute Gasteiger partial charge is 0.326 e. The highest BCUT2D eigenvalue weighted by Gasteiger charge is 2.41. The maximum absolute atomic E-state index is 13.2. The van der Waals surface area contributed by atoms with Crippen LogP contribution in [-0.2, 0) is 24.6 Å². The molecule has 0 spiro atoms. The maximum atomic E-state index is 13.2. The van der Waals surface area contributed by atoms with E-state index in [1.54, 1.807) is 43.6 Å². The zero-order valence-electron chi connectivity index (χ0n) is 17.5. The maximum Gasteiger partial charge on any atom is 0.436 e. The van der Waals surface area contributed by atoms with E-state index < -0.39 is 17.8 Å². The fourth-order valence-electron chi connectivity index (χ4n) is 3.39. The number of aryl methyl sites for hydroxylation is 2. The summed E-state index contributed by atoms with van der Waals surface area (Å²) in [5, 5.41) is 13.1. The van der Waals surface area contributed by atoms with Gasteiger partial charge in [-0.15, -0.1) is 0 Å². The summed E-state index contributed by atoms with van der Waals surface area (Å²) in [5.41, 5.74) is 0.668. The largest absolute Gasteiger partial charge is 0.436 e. The van der Waals surface area contributed by atoms with Gasteiger partial charge in [-0.3, -0.25) is 19.0 Å². The Morgan fingerprint density at radius 1 is 1.15 bits per heavy atom. The van der Waals surface area contributed by atoms with E-state index >= 15 is 0 Å². The first kappa shape index (κ1) is 23.0. The molecular formula is C21H20BrF3N6O2. The molecule has 2 amide bonds. The molecule has 0 unspecified atom stereocenters. The molecule has 33 heavy (non-hydrogen) atoms. The number of hydrogen-bond donors (Lipinski definition) is 2. The molecule has 174 valence electrons. The Bertz CT molecular complexity index is 1200. The molecule has 0 atom stereocenters. The summed E-state index contributed by atoms with van der Waals surface area (Å²) in [4.78, 5) is 24.7. The Morgan fingerprint density at radius 2 is 1.85 bits per heavy atom. The van der Waals surface area contributed by atoms with Crippen molar-refractivity contribution in [1.29, 1.82) is 0 Å². The quantitative estimate of drug-likeness (QED) is 0.473. The molecule has 2 aromatic heterocycles. The van der Waals surface area contributed by atoms with E-state index in [9.17, 15) is 22.8 Å². The van der Waals surface area contributed by atoms with Gasteiger partial charge >= 0.3 is 6.18 Å². The van der Waals surface area contributed by atoms with E-state index in [0.717, 1.165) is 12.8 Å². The fraction of sp³-hybridized carbons (Fsp3) is 0.333. The normalized spacial score (nSPS) is 13.7. The van der Waals surface area contributed by atoms with Crippen molar-refractivity contribution >= 4 is 39.1 Å². The van der Waals surface area contributed by atoms with E-state index in [0.29, 0.717) is 17.1 Å². The van der Waals surface area contributed by atoms with E-state index in [1.165, 1.54) is 9.36 Å². The van der Waals surface area contributed by atoms with Gasteiger partial charge in [-0.25, -0.2) is 0 Å². The first-order valence-electron chi connectivity index (χ1n) is 10.2. The van der Waals surface area contributed by atoms with Gasteiger partial charge in [0.2, 0.25) is 5.91 Å².